The lowest BCUT2D eigenvalue weighted by Gasteiger charge is -2.14. The van der Waals surface area contributed by atoms with Crippen LogP contribution in [0.25, 0.3) is 0 Å². The first-order valence-electron chi connectivity index (χ1n) is 5.72. The van der Waals surface area contributed by atoms with Gasteiger partial charge in [0.2, 0.25) is 0 Å². The Kier molecular flexibility index (Phi) is 4.69. The standard InChI is InChI=1S/C13H17NO3/c1-3-11(4-2)14-12(15)9-5-7-10(8-6-9)13(16)17/h5-8,11H,3-4H2,1-2H3,(H,14,15)(H,16,17). The van der Waals surface area contributed by atoms with Gasteiger partial charge in [-0.2, -0.15) is 0 Å². The van der Waals surface area contributed by atoms with Gasteiger partial charge < -0.3 is 10.4 Å². The van der Waals surface area contributed by atoms with Gasteiger partial charge in [0.15, 0.2) is 0 Å². The molecule has 0 unspecified atom stereocenters. The Hall–Kier alpha value is -1.84. The topological polar surface area (TPSA) is 66.4 Å². The fourth-order valence-electron chi connectivity index (χ4n) is 1.53. The first-order chi connectivity index (χ1) is 8.08. The second-order valence-corrected chi connectivity index (χ2v) is 3.87. The van der Waals surface area contributed by atoms with Crippen LogP contribution in [0.3, 0.4) is 0 Å². The van der Waals surface area contributed by atoms with Crippen molar-refractivity contribution in [3.63, 3.8) is 0 Å². The zero-order valence-electron chi connectivity index (χ0n) is 10.1. The van der Waals surface area contributed by atoms with E-state index in [9.17, 15) is 9.59 Å². The van der Waals surface area contributed by atoms with Crippen LogP contribution in [0.2, 0.25) is 0 Å². The molecule has 92 valence electrons. The number of aromatic carboxylic acids is 1. The summed E-state index contributed by atoms with van der Waals surface area (Å²) in [5.41, 5.74) is 0.672. The van der Waals surface area contributed by atoms with E-state index in [0.29, 0.717) is 5.56 Å². The zero-order chi connectivity index (χ0) is 12.8. The third-order valence-electron chi connectivity index (χ3n) is 2.71. The zero-order valence-corrected chi connectivity index (χ0v) is 10.1. The summed E-state index contributed by atoms with van der Waals surface area (Å²) < 4.78 is 0. The normalized spacial score (nSPS) is 10.3. The number of nitrogens with one attached hydrogen (secondary N) is 1. The number of carboxylic acid groups (broad SMARTS) is 1. The number of carbonyl (C=O) groups excluding carboxylic acids is 1. The number of carbonyl (C=O) groups is 2. The Labute approximate surface area is 101 Å². The average molecular weight is 235 g/mol. The number of amides is 1. The molecule has 1 aromatic rings. The van der Waals surface area contributed by atoms with Crippen molar-refractivity contribution in [1.82, 2.24) is 5.32 Å². The molecule has 0 aliphatic carbocycles. The number of hydrogen-bond acceptors (Lipinski definition) is 2. The first-order valence-corrected chi connectivity index (χ1v) is 5.72. The van der Waals surface area contributed by atoms with E-state index < -0.39 is 5.97 Å². The molecule has 0 atom stereocenters. The molecular formula is C13H17NO3. The second-order valence-electron chi connectivity index (χ2n) is 3.87. The van der Waals surface area contributed by atoms with Gasteiger partial charge in [0, 0.05) is 11.6 Å². The maximum Gasteiger partial charge on any atom is 0.335 e. The quantitative estimate of drug-likeness (QED) is 0.823. The highest BCUT2D eigenvalue weighted by atomic mass is 16.4. The molecule has 17 heavy (non-hydrogen) atoms. The molecule has 0 spiro atoms. The minimum absolute atomic E-state index is 0.157. The van der Waals surface area contributed by atoms with Gasteiger partial charge in [-0.25, -0.2) is 4.79 Å². The van der Waals surface area contributed by atoms with Crippen molar-refractivity contribution >= 4 is 11.9 Å². The lowest BCUT2D eigenvalue weighted by Crippen LogP contribution is -2.33. The molecule has 1 amide bonds. The molecule has 0 aliphatic heterocycles. The fraction of sp³-hybridized carbons (Fsp3) is 0.385. The van der Waals surface area contributed by atoms with E-state index in [2.05, 4.69) is 5.32 Å². The highest BCUT2D eigenvalue weighted by Crippen LogP contribution is 2.06. The van der Waals surface area contributed by atoms with Crippen molar-refractivity contribution in [2.45, 2.75) is 32.7 Å². The van der Waals surface area contributed by atoms with Crippen LogP contribution in [0.15, 0.2) is 24.3 Å². The highest BCUT2D eigenvalue weighted by Gasteiger charge is 2.11. The minimum atomic E-state index is -0.989. The number of benzene rings is 1. The molecule has 1 aromatic carbocycles. The predicted octanol–water partition coefficient (Wildman–Crippen LogP) is 2.30. The van der Waals surface area contributed by atoms with E-state index in [0.717, 1.165) is 12.8 Å². The lowest BCUT2D eigenvalue weighted by molar-refractivity contribution is 0.0696. The minimum Gasteiger partial charge on any atom is -0.478 e. The summed E-state index contributed by atoms with van der Waals surface area (Å²) in [7, 11) is 0. The Morgan fingerprint density at radius 3 is 2.00 bits per heavy atom. The van der Waals surface area contributed by atoms with Crippen LogP contribution in [-0.4, -0.2) is 23.0 Å². The molecule has 0 radical (unpaired) electrons. The highest BCUT2D eigenvalue weighted by molar-refractivity contribution is 5.96. The van der Waals surface area contributed by atoms with E-state index in [4.69, 9.17) is 5.11 Å². The van der Waals surface area contributed by atoms with Crippen LogP contribution >= 0.6 is 0 Å². The van der Waals surface area contributed by atoms with Gasteiger partial charge >= 0.3 is 5.97 Å². The van der Waals surface area contributed by atoms with E-state index in [1.165, 1.54) is 24.3 Å². The summed E-state index contributed by atoms with van der Waals surface area (Å²) in [6.45, 7) is 4.03. The van der Waals surface area contributed by atoms with Gasteiger partial charge in [-0.05, 0) is 37.1 Å². The number of carboxylic acids is 1. The third kappa shape index (κ3) is 3.59. The van der Waals surface area contributed by atoms with Crippen molar-refractivity contribution in [3.8, 4) is 0 Å². The Morgan fingerprint density at radius 2 is 1.59 bits per heavy atom. The van der Waals surface area contributed by atoms with Crippen LogP contribution in [-0.2, 0) is 0 Å². The van der Waals surface area contributed by atoms with Crippen molar-refractivity contribution in [3.05, 3.63) is 35.4 Å². The van der Waals surface area contributed by atoms with Gasteiger partial charge in [0.1, 0.15) is 0 Å². The van der Waals surface area contributed by atoms with Crippen molar-refractivity contribution in [2.75, 3.05) is 0 Å². The third-order valence-corrected chi connectivity index (χ3v) is 2.71. The average Bonchev–Trinajstić information content (AvgIpc) is 2.35. The first kappa shape index (κ1) is 13.2. The smallest absolute Gasteiger partial charge is 0.335 e. The van der Waals surface area contributed by atoms with Gasteiger partial charge in [-0.15, -0.1) is 0 Å². The van der Waals surface area contributed by atoms with E-state index in [-0.39, 0.29) is 17.5 Å². The van der Waals surface area contributed by atoms with Gasteiger partial charge in [0.05, 0.1) is 5.56 Å². The van der Waals surface area contributed by atoms with Crippen molar-refractivity contribution in [2.24, 2.45) is 0 Å². The molecule has 2 N–H and O–H groups in total. The molecule has 0 saturated carbocycles. The van der Waals surface area contributed by atoms with E-state index in [1.807, 2.05) is 13.8 Å². The largest absolute Gasteiger partial charge is 0.478 e. The van der Waals surface area contributed by atoms with Gasteiger partial charge in [0.25, 0.3) is 5.91 Å². The lowest BCUT2D eigenvalue weighted by atomic mass is 10.1. The molecule has 0 bridgehead atoms. The van der Waals surface area contributed by atoms with Crippen LogP contribution < -0.4 is 5.32 Å². The second kappa shape index (κ2) is 6.03. The molecule has 0 fully saturated rings. The fourth-order valence-corrected chi connectivity index (χ4v) is 1.53. The predicted molar refractivity (Wildman–Crippen MR) is 65.2 cm³/mol. The molecule has 4 heteroatoms. The van der Waals surface area contributed by atoms with Crippen LogP contribution in [0.4, 0.5) is 0 Å². The maximum absolute atomic E-state index is 11.8. The Balaban J connectivity index is 2.73. The monoisotopic (exact) mass is 235 g/mol. The van der Waals surface area contributed by atoms with E-state index in [1.54, 1.807) is 0 Å². The van der Waals surface area contributed by atoms with Crippen LogP contribution in [0.5, 0.6) is 0 Å². The molecular weight excluding hydrogens is 218 g/mol. The summed E-state index contributed by atoms with van der Waals surface area (Å²) in [6.07, 6.45) is 1.77. The molecule has 4 nitrogen and oxygen atoms in total. The summed E-state index contributed by atoms with van der Waals surface area (Å²) in [4.78, 5) is 22.4. The number of hydrogen-bond donors (Lipinski definition) is 2. The van der Waals surface area contributed by atoms with Gasteiger partial charge in [-0.1, -0.05) is 13.8 Å². The molecule has 1 rings (SSSR count). The molecule has 0 saturated heterocycles. The molecule has 0 aliphatic rings. The summed E-state index contributed by atoms with van der Waals surface area (Å²) >= 11 is 0. The van der Waals surface area contributed by atoms with Crippen molar-refractivity contribution < 1.29 is 14.7 Å². The summed E-state index contributed by atoms with van der Waals surface area (Å²) in [5, 5.41) is 11.6. The Morgan fingerprint density at radius 1 is 1.12 bits per heavy atom. The summed E-state index contributed by atoms with van der Waals surface area (Å²) in [6, 6.07) is 6.10. The van der Waals surface area contributed by atoms with Crippen molar-refractivity contribution in [1.29, 1.82) is 0 Å². The SMILES string of the molecule is CCC(CC)NC(=O)c1ccc(C(=O)O)cc1. The molecule has 0 heterocycles. The maximum atomic E-state index is 11.8. The number of rotatable bonds is 5. The molecule has 0 aromatic heterocycles. The summed E-state index contributed by atoms with van der Waals surface area (Å²) in [5.74, 6) is -1.15. The van der Waals surface area contributed by atoms with Crippen LogP contribution in [0, 0.1) is 0 Å². The van der Waals surface area contributed by atoms with Gasteiger partial charge in [-0.3, -0.25) is 4.79 Å². The van der Waals surface area contributed by atoms with Crippen LogP contribution in [0.1, 0.15) is 47.4 Å². The Bertz CT molecular complexity index is 394. The van der Waals surface area contributed by atoms with E-state index >= 15 is 0 Å².